The number of hydrogen-bond acceptors (Lipinski definition) is 0. The molecule has 0 saturated carbocycles. The summed E-state index contributed by atoms with van der Waals surface area (Å²) in [4.78, 5) is 0. The summed E-state index contributed by atoms with van der Waals surface area (Å²) in [5.74, 6) is 0. The number of allylic oxidation sites excluding steroid dienone is 1. The molecular weight excluding hydrogens is 363 g/mol. The molecular formula is C18H40SiSn. The van der Waals surface area contributed by atoms with Crippen LogP contribution in [0.2, 0.25) is 37.4 Å². The number of rotatable bonds is 12. The Labute approximate surface area is 134 Å². The molecule has 0 aliphatic carbocycles. The Kier molecular flexibility index (Phi) is 11.8. The van der Waals surface area contributed by atoms with E-state index < -0.39 is 26.5 Å². The van der Waals surface area contributed by atoms with Crippen LogP contribution in [0.3, 0.4) is 0 Å². The van der Waals surface area contributed by atoms with Gasteiger partial charge >= 0.3 is 135 Å². The molecule has 0 aliphatic rings. The maximum absolute atomic E-state index is 2.64. The van der Waals surface area contributed by atoms with Gasteiger partial charge in [-0.15, -0.1) is 0 Å². The van der Waals surface area contributed by atoms with Crippen LogP contribution in [0.25, 0.3) is 0 Å². The van der Waals surface area contributed by atoms with Gasteiger partial charge in [0.2, 0.25) is 0 Å². The van der Waals surface area contributed by atoms with Crippen LogP contribution in [0.5, 0.6) is 0 Å². The summed E-state index contributed by atoms with van der Waals surface area (Å²) in [5.41, 5.74) is 2.61. The molecule has 0 heterocycles. The quantitative estimate of drug-likeness (QED) is 0.301. The predicted molar refractivity (Wildman–Crippen MR) is 102 cm³/mol. The molecule has 0 N–H and O–H groups in total. The van der Waals surface area contributed by atoms with Crippen LogP contribution in [0, 0.1) is 0 Å². The fraction of sp³-hybridized carbons (Fsp3) is 0.889. The Morgan fingerprint density at radius 2 is 1.15 bits per heavy atom. The van der Waals surface area contributed by atoms with Crippen molar-refractivity contribution in [2.45, 2.75) is 96.7 Å². The molecule has 0 aromatic heterocycles. The fourth-order valence-electron chi connectivity index (χ4n) is 3.00. The van der Waals surface area contributed by atoms with Crippen LogP contribution < -0.4 is 0 Å². The second-order valence-corrected chi connectivity index (χ2v) is 26.9. The Hall–Kier alpha value is 0.756. The van der Waals surface area contributed by atoms with Gasteiger partial charge in [-0.3, -0.25) is 0 Å². The van der Waals surface area contributed by atoms with E-state index in [-0.39, 0.29) is 0 Å². The van der Waals surface area contributed by atoms with Gasteiger partial charge in [0.15, 0.2) is 0 Å². The van der Waals surface area contributed by atoms with E-state index in [2.05, 4.69) is 52.2 Å². The molecule has 0 nitrogen and oxygen atoms in total. The molecule has 0 amide bonds. The van der Waals surface area contributed by atoms with Crippen molar-refractivity contribution < 1.29 is 0 Å². The summed E-state index contributed by atoms with van der Waals surface area (Å²) < 4.78 is 6.50. The minimum atomic E-state index is -1.86. The monoisotopic (exact) mass is 404 g/mol. The molecule has 0 atom stereocenters. The third kappa shape index (κ3) is 10.5. The molecule has 0 aromatic rings. The van der Waals surface area contributed by atoms with Crippen molar-refractivity contribution in [3.05, 3.63) is 11.8 Å². The van der Waals surface area contributed by atoms with Crippen molar-refractivity contribution in [2.24, 2.45) is 0 Å². The van der Waals surface area contributed by atoms with Crippen molar-refractivity contribution in [1.82, 2.24) is 0 Å². The van der Waals surface area contributed by atoms with Crippen LogP contribution in [0.4, 0.5) is 0 Å². The molecule has 120 valence electrons. The van der Waals surface area contributed by atoms with E-state index in [4.69, 9.17) is 0 Å². The molecule has 0 aliphatic heterocycles. The fourth-order valence-corrected chi connectivity index (χ4v) is 19.6. The van der Waals surface area contributed by atoms with Crippen molar-refractivity contribution >= 4 is 26.5 Å². The van der Waals surface area contributed by atoms with Crippen LogP contribution in [-0.4, -0.2) is 26.5 Å². The Balaban J connectivity index is 4.78. The van der Waals surface area contributed by atoms with Crippen molar-refractivity contribution in [3.63, 3.8) is 0 Å². The molecule has 2 heteroatoms. The van der Waals surface area contributed by atoms with E-state index in [1.807, 2.05) is 0 Å². The van der Waals surface area contributed by atoms with Gasteiger partial charge in [-0.05, 0) is 0 Å². The molecule has 0 unspecified atom stereocenters. The maximum atomic E-state index is 2.64. The Bertz CT molecular complexity index is 231. The second-order valence-electron chi connectivity index (χ2n) is 7.78. The van der Waals surface area contributed by atoms with Gasteiger partial charge in [0.05, 0.1) is 0 Å². The first-order valence-electron chi connectivity index (χ1n) is 9.07. The van der Waals surface area contributed by atoms with Crippen molar-refractivity contribution in [3.8, 4) is 0 Å². The average Bonchev–Trinajstić information content (AvgIpc) is 2.38. The molecule has 0 bridgehead atoms. The van der Waals surface area contributed by atoms with E-state index in [1.165, 1.54) is 38.5 Å². The molecule has 0 fully saturated rings. The summed E-state index contributed by atoms with van der Waals surface area (Å²) in [6, 6.07) is 0. The molecule has 0 radical (unpaired) electrons. The number of hydrogen-bond donors (Lipinski definition) is 0. The van der Waals surface area contributed by atoms with E-state index in [9.17, 15) is 0 Å². The van der Waals surface area contributed by atoms with E-state index in [1.54, 1.807) is 17.7 Å². The van der Waals surface area contributed by atoms with Gasteiger partial charge in [-0.25, -0.2) is 0 Å². The topological polar surface area (TPSA) is 0 Å². The average molecular weight is 403 g/mol. The van der Waals surface area contributed by atoms with Gasteiger partial charge < -0.3 is 0 Å². The number of unbranched alkanes of at least 4 members (excludes halogenated alkanes) is 3. The molecule has 0 spiro atoms. The van der Waals surface area contributed by atoms with Gasteiger partial charge in [-0.1, -0.05) is 0 Å². The van der Waals surface area contributed by atoms with Crippen LogP contribution >= 0.6 is 0 Å². The zero-order valence-electron chi connectivity index (χ0n) is 15.2. The SMILES string of the molecule is CCC[CH2][Sn]([CH2]/C=C/[Si](C)(C)C)([CH2]CCC)[CH2]CCC. The molecule has 0 saturated heterocycles. The third-order valence-electron chi connectivity index (χ3n) is 4.35. The zero-order chi connectivity index (χ0) is 15.5. The normalized spacial score (nSPS) is 13.3. The second kappa shape index (κ2) is 11.3. The summed E-state index contributed by atoms with van der Waals surface area (Å²) in [6.45, 7) is 14.5. The molecule has 20 heavy (non-hydrogen) atoms. The van der Waals surface area contributed by atoms with Crippen LogP contribution in [0.15, 0.2) is 11.8 Å². The molecule has 0 rings (SSSR count). The molecule has 0 aromatic carbocycles. The summed E-state index contributed by atoms with van der Waals surface area (Å²) in [7, 11) is -0.998. The zero-order valence-corrected chi connectivity index (χ0v) is 19.1. The Morgan fingerprint density at radius 3 is 1.45 bits per heavy atom. The van der Waals surface area contributed by atoms with Crippen LogP contribution in [0.1, 0.15) is 59.3 Å². The van der Waals surface area contributed by atoms with Gasteiger partial charge in [0, 0.05) is 0 Å². The van der Waals surface area contributed by atoms with Gasteiger partial charge in [-0.2, -0.15) is 0 Å². The Morgan fingerprint density at radius 1 is 0.750 bits per heavy atom. The summed E-state index contributed by atoms with van der Waals surface area (Å²) in [5, 5.41) is 0. The van der Waals surface area contributed by atoms with E-state index >= 15 is 0 Å². The first-order valence-corrected chi connectivity index (χ1v) is 20.7. The summed E-state index contributed by atoms with van der Waals surface area (Å²) in [6.07, 6.45) is 11.3. The van der Waals surface area contributed by atoms with E-state index in [0.29, 0.717) is 0 Å². The van der Waals surface area contributed by atoms with Gasteiger partial charge in [0.1, 0.15) is 0 Å². The first kappa shape index (κ1) is 20.8. The van der Waals surface area contributed by atoms with Gasteiger partial charge in [0.25, 0.3) is 0 Å². The summed E-state index contributed by atoms with van der Waals surface area (Å²) >= 11 is -1.86. The first-order chi connectivity index (χ1) is 9.39. The predicted octanol–water partition coefficient (Wildman–Crippen LogP) is 7.27. The third-order valence-corrected chi connectivity index (χ3v) is 20.8. The minimum absolute atomic E-state index is 0.998. The standard InChI is InChI=1S/C6H13Si.3C4H9.Sn/c1-5-6-7(2,3)4;3*1-3-4-2;/h5-6H,1H2,2-4H3;3*1,3-4H2,2H3;/b6-5+;;;;. The van der Waals surface area contributed by atoms with E-state index in [0.717, 1.165) is 0 Å². The van der Waals surface area contributed by atoms with Crippen molar-refractivity contribution in [2.75, 3.05) is 0 Å². The van der Waals surface area contributed by atoms with Crippen LogP contribution in [-0.2, 0) is 0 Å². The van der Waals surface area contributed by atoms with Crippen molar-refractivity contribution in [1.29, 1.82) is 0 Å².